The molecular weight excluding hydrogens is 256 g/mol. The summed E-state index contributed by atoms with van der Waals surface area (Å²) in [7, 11) is 0. The van der Waals surface area contributed by atoms with Crippen LogP contribution in [0.5, 0.6) is 0 Å². The molecule has 0 amide bonds. The number of hydrogen-bond acceptors (Lipinski definition) is 2. The second-order valence-corrected chi connectivity index (χ2v) is 6.10. The summed E-state index contributed by atoms with van der Waals surface area (Å²) in [6.07, 6.45) is 6.54. The Kier molecular flexibility index (Phi) is 5.53. The van der Waals surface area contributed by atoms with Gasteiger partial charge in [0.05, 0.1) is 0 Å². The van der Waals surface area contributed by atoms with Gasteiger partial charge < -0.3 is 10.6 Å². The highest BCUT2D eigenvalue weighted by Gasteiger charge is 2.15. The third-order valence-electron chi connectivity index (χ3n) is 3.97. The second-order valence-electron chi connectivity index (χ2n) is 5.69. The first-order chi connectivity index (χ1) is 9.16. The monoisotopic (exact) mass is 280 g/mol. The van der Waals surface area contributed by atoms with Gasteiger partial charge in [-0.1, -0.05) is 30.5 Å². The van der Waals surface area contributed by atoms with Gasteiger partial charge >= 0.3 is 0 Å². The van der Waals surface area contributed by atoms with E-state index >= 15 is 0 Å². The molecule has 0 aromatic heterocycles. The second kappa shape index (κ2) is 7.16. The van der Waals surface area contributed by atoms with Crippen molar-refractivity contribution in [1.82, 2.24) is 5.32 Å². The molecule has 106 valence electrons. The summed E-state index contributed by atoms with van der Waals surface area (Å²) in [6, 6.07) is 7.18. The maximum atomic E-state index is 6.16. The molecule has 0 aliphatic carbocycles. The predicted octanol–water partition coefficient (Wildman–Crippen LogP) is 4.37. The molecule has 2 unspecified atom stereocenters. The molecule has 3 heteroatoms. The maximum Gasteiger partial charge on any atom is 0.0455 e. The van der Waals surface area contributed by atoms with Crippen LogP contribution in [0.3, 0.4) is 0 Å². The summed E-state index contributed by atoms with van der Waals surface area (Å²) in [5.74, 6) is 0. The van der Waals surface area contributed by atoms with Crippen molar-refractivity contribution in [2.45, 2.75) is 58.0 Å². The van der Waals surface area contributed by atoms with Gasteiger partial charge in [-0.2, -0.15) is 0 Å². The predicted molar refractivity (Wildman–Crippen MR) is 84.1 cm³/mol. The molecule has 2 rings (SSSR count). The number of halogens is 1. The molecule has 1 saturated heterocycles. The Morgan fingerprint density at radius 1 is 1.37 bits per heavy atom. The molecule has 2 atom stereocenters. The molecule has 2 nitrogen and oxygen atoms in total. The van der Waals surface area contributed by atoms with Gasteiger partial charge in [0.25, 0.3) is 0 Å². The highest BCUT2D eigenvalue weighted by atomic mass is 35.5. The van der Waals surface area contributed by atoms with Gasteiger partial charge in [0.1, 0.15) is 0 Å². The third-order valence-corrected chi connectivity index (χ3v) is 4.38. The van der Waals surface area contributed by atoms with E-state index in [2.05, 4.69) is 30.5 Å². The number of rotatable bonds is 4. The number of anilines is 1. The molecule has 1 heterocycles. The van der Waals surface area contributed by atoms with Crippen LogP contribution in [0.4, 0.5) is 5.69 Å². The summed E-state index contributed by atoms with van der Waals surface area (Å²) in [6.45, 7) is 5.50. The average Bonchev–Trinajstić information content (AvgIpc) is 2.63. The smallest absolute Gasteiger partial charge is 0.0455 e. The zero-order valence-corrected chi connectivity index (χ0v) is 12.8. The SMILES string of the molecule is Cc1c(Cl)cccc1NC(C)CC1CCCCCN1. The normalized spacial score (nSPS) is 21.7. The number of benzene rings is 1. The molecule has 0 saturated carbocycles. The van der Waals surface area contributed by atoms with Crippen LogP contribution in [0.15, 0.2) is 18.2 Å². The quantitative estimate of drug-likeness (QED) is 0.856. The minimum absolute atomic E-state index is 0.466. The fraction of sp³-hybridized carbons (Fsp3) is 0.625. The molecule has 2 N–H and O–H groups in total. The first-order valence-corrected chi connectivity index (χ1v) is 7.79. The van der Waals surface area contributed by atoms with Gasteiger partial charge in [-0.3, -0.25) is 0 Å². The van der Waals surface area contributed by atoms with Crippen molar-refractivity contribution >= 4 is 17.3 Å². The van der Waals surface area contributed by atoms with Crippen LogP contribution in [0.25, 0.3) is 0 Å². The van der Waals surface area contributed by atoms with Crippen LogP contribution in [0.1, 0.15) is 44.6 Å². The van der Waals surface area contributed by atoms with E-state index in [4.69, 9.17) is 11.6 Å². The minimum atomic E-state index is 0.466. The van der Waals surface area contributed by atoms with Gasteiger partial charge in [-0.15, -0.1) is 0 Å². The standard InChI is InChI=1S/C16H25ClN2/c1-12(11-14-7-4-3-5-10-18-14)19-16-9-6-8-15(17)13(16)2/h6,8-9,12,14,18-19H,3-5,7,10-11H2,1-2H3. The topological polar surface area (TPSA) is 24.1 Å². The van der Waals surface area contributed by atoms with Crippen molar-refractivity contribution in [3.05, 3.63) is 28.8 Å². The fourth-order valence-corrected chi connectivity index (χ4v) is 2.99. The van der Waals surface area contributed by atoms with Crippen LogP contribution in [0, 0.1) is 6.92 Å². The zero-order chi connectivity index (χ0) is 13.7. The highest BCUT2D eigenvalue weighted by Crippen LogP contribution is 2.24. The van der Waals surface area contributed by atoms with Gasteiger partial charge in [0.15, 0.2) is 0 Å². The lowest BCUT2D eigenvalue weighted by atomic mass is 10.0. The lowest BCUT2D eigenvalue weighted by Crippen LogP contribution is -2.33. The van der Waals surface area contributed by atoms with E-state index in [9.17, 15) is 0 Å². The Hall–Kier alpha value is -0.730. The van der Waals surface area contributed by atoms with Crippen LogP contribution < -0.4 is 10.6 Å². The van der Waals surface area contributed by atoms with Gasteiger partial charge in [0.2, 0.25) is 0 Å². The van der Waals surface area contributed by atoms with Gasteiger partial charge in [-0.05, 0) is 57.4 Å². The first kappa shape index (κ1) is 14.7. The van der Waals surface area contributed by atoms with Crippen molar-refractivity contribution in [2.75, 3.05) is 11.9 Å². The summed E-state index contributed by atoms with van der Waals surface area (Å²) in [4.78, 5) is 0. The van der Waals surface area contributed by atoms with Crippen molar-refractivity contribution < 1.29 is 0 Å². The Morgan fingerprint density at radius 2 is 2.21 bits per heavy atom. The van der Waals surface area contributed by atoms with Crippen molar-refractivity contribution in [3.8, 4) is 0 Å². The molecule has 1 aliphatic heterocycles. The van der Waals surface area contributed by atoms with E-state index in [1.807, 2.05) is 12.1 Å². The molecule has 1 aromatic rings. The van der Waals surface area contributed by atoms with E-state index in [-0.39, 0.29) is 0 Å². The summed E-state index contributed by atoms with van der Waals surface area (Å²) < 4.78 is 0. The van der Waals surface area contributed by atoms with E-state index in [1.165, 1.54) is 38.6 Å². The van der Waals surface area contributed by atoms with Gasteiger partial charge in [0, 0.05) is 22.8 Å². The van der Waals surface area contributed by atoms with Crippen LogP contribution in [0.2, 0.25) is 5.02 Å². The Labute approximate surface area is 121 Å². The van der Waals surface area contributed by atoms with Crippen molar-refractivity contribution in [2.24, 2.45) is 0 Å². The fourth-order valence-electron chi connectivity index (χ4n) is 2.82. The van der Waals surface area contributed by atoms with Gasteiger partial charge in [-0.25, -0.2) is 0 Å². The molecule has 1 fully saturated rings. The molecule has 0 bridgehead atoms. The molecule has 1 aliphatic rings. The summed E-state index contributed by atoms with van der Waals surface area (Å²) >= 11 is 6.16. The van der Waals surface area contributed by atoms with E-state index < -0.39 is 0 Å². The molecule has 19 heavy (non-hydrogen) atoms. The Balaban J connectivity index is 1.89. The van der Waals surface area contributed by atoms with E-state index in [0.29, 0.717) is 12.1 Å². The molecule has 0 radical (unpaired) electrons. The molecular formula is C16H25ClN2. The number of nitrogens with one attached hydrogen (secondary N) is 2. The van der Waals surface area contributed by atoms with Crippen molar-refractivity contribution in [3.63, 3.8) is 0 Å². The lowest BCUT2D eigenvalue weighted by Gasteiger charge is -2.23. The largest absolute Gasteiger partial charge is 0.382 e. The Morgan fingerprint density at radius 3 is 3.05 bits per heavy atom. The lowest BCUT2D eigenvalue weighted by molar-refractivity contribution is 0.456. The van der Waals surface area contributed by atoms with Crippen LogP contribution >= 0.6 is 11.6 Å². The van der Waals surface area contributed by atoms with Crippen LogP contribution in [-0.4, -0.2) is 18.6 Å². The van der Waals surface area contributed by atoms with E-state index in [0.717, 1.165) is 16.3 Å². The Bertz CT molecular complexity index is 398. The number of hydrogen-bond donors (Lipinski definition) is 2. The van der Waals surface area contributed by atoms with Crippen LogP contribution in [-0.2, 0) is 0 Å². The average molecular weight is 281 g/mol. The maximum absolute atomic E-state index is 6.16. The summed E-state index contributed by atoms with van der Waals surface area (Å²) in [5, 5.41) is 8.09. The third kappa shape index (κ3) is 4.39. The zero-order valence-electron chi connectivity index (χ0n) is 12.0. The minimum Gasteiger partial charge on any atom is -0.382 e. The highest BCUT2D eigenvalue weighted by molar-refractivity contribution is 6.31. The molecule has 0 spiro atoms. The van der Waals surface area contributed by atoms with Crippen molar-refractivity contribution in [1.29, 1.82) is 0 Å². The summed E-state index contributed by atoms with van der Waals surface area (Å²) in [5.41, 5.74) is 2.30. The van der Waals surface area contributed by atoms with E-state index in [1.54, 1.807) is 0 Å². The molecule has 1 aromatic carbocycles. The first-order valence-electron chi connectivity index (χ1n) is 7.42.